The molecule has 2 heterocycles. The molecule has 0 unspecified atom stereocenters. The van der Waals surface area contributed by atoms with Gasteiger partial charge in [-0.3, -0.25) is 13.8 Å². The Hall–Kier alpha value is -2.80. The van der Waals surface area contributed by atoms with Gasteiger partial charge in [0.25, 0.3) is 15.9 Å². The number of carboxylic acid groups (broad SMARTS) is 1. The summed E-state index contributed by atoms with van der Waals surface area (Å²) < 4.78 is 33.3. The molecule has 0 radical (unpaired) electrons. The highest BCUT2D eigenvalue weighted by Gasteiger charge is 2.31. The maximum atomic E-state index is 13.2. The van der Waals surface area contributed by atoms with Crippen LogP contribution in [-0.2, 0) is 14.8 Å². The molecule has 2 aromatic rings. The molecule has 2 aromatic carbocycles. The first kappa shape index (κ1) is 27.2. The number of amides is 1. The van der Waals surface area contributed by atoms with Crippen molar-refractivity contribution in [1.82, 2.24) is 14.3 Å². The van der Waals surface area contributed by atoms with Crippen LogP contribution in [0.5, 0.6) is 0 Å². The first-order chi connectivity index (χ1) is 17.5. The summed E-state index contributed by atoms with van der Waals surface area (Å²) >= 11 is 25.2. The van der Waals surface area contributed by atoms with E-state index in [1.807, 2.05) is 0 Å². The largest absolute Gasteiger partial charge is 0.477 e. The summed E-state index contributed by atoms with van der Waals surface area (Å²) in [5, 5.41) is 12.3. The van der Waals surface area contributed by atoms with Gasteiger partial charge in [-0.05, 0) is 48.1 Å². The fourth-order valence-electron chi connectivity index (χ4n) is 3.19. The number of carbonyl (C=O) groups excluding carboxylic acids is 1. The van der Waals surface area contributed by atoms with Gasteiger partial charge in [-0.15, -0.1) is 0 Å². The van der Waals surface area contributed by atoms with Crippen LogP contribution < -0.4 is 14.8 Å². The lowest BCUT2D eigenvalue weighted by molar-refractivity contribution is -0.132. The molecular formula is C22H14Cl4N4O5S2. The zero-order valence-electron chi connectivity index (χ0n) is 18.1. The summed E-state index contributed by atoms with van der Waals surface area (Å²) in [5.74, 6) is -2.42. The van der Waals surface area contributed by atoms with Crippen LogP contribution in [0.3, 0.4) is 0 Å². The lowest BCUT2D eigenvalue weighted by atomic mass is 10.1. The van der Waals surface area contributed by atoms with Gasteiger partial charge >= 0.3 is 5.97 Å². The number of carboxylic acids is 1. The van der Waals surface area contributed by atoms with Crippen LogP contribution in [0.2, 0.25) is 20.1 Å². The topological polar surface area (TPSA) is 128 Å². The zero-order chi connectivity index (χ0) is 26.9. The highest BCUT2D eigenvalue weighted by molar-refractivity contribution is 7.97. The molecule has 0 atom stereocenters. The van der Waals surface area contributed by atoms with E-state index in [1.165, 1.54) is 42.6 Å². The minimum Gasteiger partial charge on any atom is -0.477 e. The van der Waals surface area contributed by atoms with Crippen LogP contribution >= 0.6 is 58.5 Å². The van der Waals surface area contributed by atoms with Crippen molar-refractivity contribution in [2.24, 2.45) is 0 Å². The van der Waals surface area contributed by atoms with Crippen molar-refractivity contribution in [3.8, 4) is 0 Å². The van der Waals surface area contributed by atoms with E-state index in [2.05, 4.69) is 14.8 Å². The molecule has 0 fully saturated rings. The second-order valence-corrected chi connectivity index (χ2v) is 11.4. The second kappa shape index (κ2) is 10.9. The van der Waals surface area contributed by atoms with Crippen molar-refractivity contribution in [2.75, 3.05) is 4.72 Å². The third kappa shape index (κ3) is 6.03. The van der Waals surface area contributed by atoms with Gasteiger partial charge in [0.2, 0.25) is 0 Å². The summed E-state index contributed by atoms with van der Waals surface area (Å²) in [5.41, 5.74) is -0.286. The molecule has 192 valence electrons. The maximum absolute atomic E-state index is 13.2. The van der Waals surface area contributed by atoms with Crippen LogP contribution in [-0.4, -0.2) is 29.7 Å². The Morgan fingerprint density at radius 2 is 1.73 bits per heavy atom. The van der Waals surface area contributed by atoms with Crippen LogP contribution in [0.4, 0.5) is 5.69 Å². The summed E-state index contributed by atoms with van der Waals surface area (Å²) in [6.45, 7) is 0. The molecular weight excluding hydrogens is 606 g/mol. The molecule has 0 spiro atoms. The van der Waals surface area contributed by atoms with Gasteiger partial charge in [0.1, 0.15) is 10.6 Å². The minimum atomic E-state index is -4.22. The van der Waals surface area contributed by atoms with Crippen molar-refractivity contribution in [1.29, 1.82) is 0 Å². The number of aliphatic carboxylic acids is 1. The Kier molecular flexibility index (Phi) is 8.02. The number of rotatable bonds is 7. The monoisotopic (exact) mass is 618 g/mol. The molecule has 0 saturated carbocycles. The average molecular weight is 620 g/mol. The van der Waals surface area contributed by atoms with Gasteiger partial charge in [-0.1, -0.05) is 52.5 Å². The first-order valence-electron chi connectivity index (χ1n) is 10.0. The van der Waals surface area contributed by atoms with Crippen LogP contribution in [0.15, 0.2) is 71.2 Å². The number of hydrogen-bond acceptors (Lipinski definition) is 7. The number of sulfonamides is 1. The number of carbonyl (C=O) groups is 2. The van der Waals surface area contributed by atoms with E-state index in [1.54, 1.807) is 16.6 Å². The Labute approximate surface area is 235 Å². The Morgan fingerprint density at radius 3 is 2.43 bits per heavy atom. The number of nitrogens with one attached hydrogen (secondary N) is 3. The van der Waals surface area contributed by atoms with Crippen molar-refractivity contribution in [3.63, 3.8) is 0 Å². The number of fused-ring (bicyclic) bond motifs is 1. The van der Waals surface area contributed by atoms with E-state index in [0.717, 1.165) is 18.2 Å². The normalized spacial score (nSPS) is 14.9. The van der Waals surface area contributed by atoms with Crippen LogP contribution in [0.25, 0.3) is 6.08 Å². The number of halogens is 4. The molecule has 4 rings (SSSR count). The molecule has 1 amide bonds. The second-order valence-electron chi connectivity index (χ2n) is 7.35. The summed E-state index contributed by atoms with van der Waals surface area (Å²) in [7, 11) is -4.22. The smallest absolute Gasteiger partial charge is 0.352 e. The van der Waals surface area contributed by atoms with Gasteiger partial charge in [0.15, 0.2) is 0 Å². The molecule has 2 aliphatic heterocycles. The van der Waals surface area contributed by atoms with Crippen molar-refractivity contribution >= 4 is 92.2 Å². The van der Waals surface area contributed by atoms with E-state index in [4.69, 9.17) is 46.4 Å². The fourth-order valence-corrected chi connectivity index (χ4v) is 5.80. The van der Waals surface area contributed by atoms with Gasteiger partial charge < -0.3 is 15.1 Å². The van der Waals surface area contributed by atoms with E-state index >= 15 is 0 Å². The SMILES string of the molecule is O=C(O)/C(=C/c1ccc(Cl)c(Cl)c1)NC(=O)c1cc(Cl)c(Cl)cc1NS(=O)(=O)C1=CC=CN2SNC=C12. The molecule has 2 aliphatic rings. The minimum absolute atomic E-state index is 0.0304. The Bertz CT molecular complexity index is 1550. The predicted octanol–water partition coefficient (Wildman–Crippen LogP) is 5.62. The molecule has 0 saturated heterocycles. The number of hydrogen-bond donors (Lipinski definition) is 4. The third-order valence-electron chi connectivity index (χ3n) is 4.88. The number of nitrogens with zero attached hydrogens (tertiary/aromatic N) is 1. The molecule has 0 bridgehead atoms. The van der Waals surface area contributed by atoms with E-state index < -0.39 is 27.6 Å². The van der Waals surface area contributed by atoms with E-state index in [0.29, 0.717) is 11.3 Å². The average Bonchev–Trinajstić information content (AvgIpc) is 3.31. The van der Waals surface area contributed by atoms with Crippen LogP contribution in [0.1, 0.15) is 15.9 Å². The standard InChI is InChI=1S/C22H14Cl4N4O5S2/c23-13-4-3-11(6-14(13)24)7-18(22(32)33)28-21(31)12-8-15(25)16(26)9-17(12)29-37(34,35)20-2-1-5-30-19(20)10-27-36-30/h1-10,27,29H,(H,28,31)(H,32,33)/b18-7-. The van der Waals surface area contributed by atoms with Crippen LogP contribution in [0, 0.1) is 0 Å². The van der Waals surface area contributed by atoms with Gasteiger partial charge in [0.05, 0.1) is 49.2 Å². The van der Waals surface area contributed by atoms with Gasteiger partial charge in [0, 0.05) is 12.4 Å². The van der Waals surface area contributed by atoms with Crippen molar-refractivity contribution in [2.45, 2.75) is 0 Å². The lowest BCUT2D eigenvalue weighted by Crippen LogP contribution is -2.29. The Balaban J connectivity index is 1.68. The molecule has 9 nitrogen and oxygen atoms in total. The molecule has 0 aliphatic carbocycles. The number of benzene rings is 2. The predicted molar refractivity (Wildman–Crippen MR) is 146 cm³/mol. The summed E-state index contributed by atoms with van der Waals surface area (Å²) in [6.07, 6.45) is 7.27. The third-order valence-corrected chi connectivity index (χ3v) is 8.49. The zero-order valence-corrected chi connectivity index (χ0v) is 22.8. The highest BCUT2D eigenvalue weighted by atomic mass is 35.5. The van der Waals surface area contributed by atoms with E-state index in [9.17, 15) is 23.1 Å². The fraction of sp³-hybridized carbons (Fsp3) is 0. The highest BCUT2D eigenvalue weighted by Crippen LogP contribution is 2.36. The lowest BCUT2D eigenvalue weighted by Gasteiger charge is -2.21. The first-order valence-corrected chi connectivity index (χ1v) is 13.8. The van der Waals surface area contributed by atoms with Gasteiger partial charge in [-0.25, -0.2) is 13.2 Å². The number of anilines is 1. The summed E-state index contributed by atoms with van der Waals surface area (Å²) in [6, 6.07) is 6.67. The molecule has 37 heavy (non-hydrogen) atoms. The summed E-state index contributed by atoms with van der Waals surface area (Å²) in [4.78, 5) is 24.9. The van der Waals surface area contributed by atoms with Crippen molar-refractivity contribution in [3.05, 3.63) is 102 Å². The van der Waals surface area contributed by atoms with E-state index in [-0.39, 0.29) is 36.2 Å². The molecule has 0 aromatic heterocycles. The molecule has 4 N–H and O–H groups in total. The van der Waals surface area contributed by atoms with Crippen molar-refractivity contribution < 1.29 is 23.1 Å². The quantitative estimate of drug-likeness (QED) is 0.232. The number of allylic oxidation sites excluding steroid dienone is 2. The molecule has 15 heteroatoms. The maximum Gasteiger partial charge on any atom is 0.352 e. The Morgan fingerprint density at radius 1 is 1.03 bits per heavy atom. The van der Waals surface area contributed by atoms with Gasteiger partial charge in [-0.2, -0.15) is 0 Å².